The van der Waals surface area contributed by atoms with Gasteiger partial charge in [0.05, 0.1) is 6.10 Å². The highest BCUT2D eigenvalue weighted by atomic mass is 16.3. The van der Waals surface area contributed by atoms with E-state index in [9.17, 15) is 5.11 Å². The summed E-state index contributed by atoms with van der Waals surface area (Å²) in [5, 5.41) is 9.58. The molecule has 1 fully saturated rings. The minimum atomic E-state index is -0.0551. The lowest BCUT2D eigenvalue weighted by atomic mass is 9.83. The van der Waals surface area contributed by atoms with E-state index in [1.54, 1.807) is 0 Å². The lowest BCUT2D eigenvalue weighted by Gasteiger charge is -2.27. The van der Waals surface area contributed by atoms with Crippen LogP contribution in [0.4, 0.5) is 0 Å². The quantitative estimate of drug-likeness (QED) is 0.606. The van der Waals surface area contributed by atoms with Crippen molar-refractivity contribution in [2.24, 2.45) is 5.92 Å². The van der Waals surface area contributed by atoms with Crippen LogP contribution in [0.25, 0.3) is 0 Å². The van der Waals surface area contributed by atoms with Crippen molar-refractivity contribution in [3.63, 3.8) is 0 Å². The van der Waals surface area contributed by atoms with Gasteiger partial charge in [0.1, 0.15) is 0 Å². The van der Waals surface area contributed by atoms with E-state index in [1.807, 2.05) is 6.92 Å². The summed E-state index contributed by atoms with van der Waals surface area (Å²) in [6, 6.07) is 0. The smallest absolute Gasteiger partial charge is 0.0571 e. The fraction of sp³-hybridized carbons (Fsp3) is 0.800. The highest BCUT2D eigenvalue weighted by Crippen LogP contribution is 2.28. The molecule has 0 aliphatic heterocycles. The molecule has 0 heterocycles. The van der Waals surface area contributed by atoms with E-state index in [4.69, 9.17) is 0 Å². The molecule has 1 saturated carbocycles. The highest BCUT2D eigenvalue weighted by Gasteiger charge is 2.22. The Hall–Kier alpha value is -0.300. The van der Waals surface area contributed by atoms with Crippen LogP contribution in [-0.4, -0.2) is 11.2 Å². The van der Waals surface area contributed by atoms with Gasteiger partial charge in [-0.3, -0.25) is 0 Å². The average molecular weight is 154 g/mol. The molecule has 0 bridgehead atoms. The van der Waals surface area contributed by atoms with Crippen molar-refractivity contribution < 1.29 is 5.11 Å². The maximum atomic E-state index is 9.58. The molecule has 0 radical (unpaired) electrons. The summed E-state index contributed by atoms with van der Waals surface area (Å²) in [5.41, 5.74) is 1.20. The van der Waals surface area contributed by atoms with Crippen LogP contribution in [-0.2, 0) is 0 Å². The topological polar surface area (TPSA) is 20.2 Å². The van der Waals surface area contributed by atoms with Gasteiger partial charge in [0, 0.05) is 0 Å². The zero-order valence-electron chi connectivity index (χ0n) is 7.34. The van der Waals surface area contributed by atoms with E-state index in [1.165, 1.54) is 24.8 Å². The van der Waals surface area contributed by atoms with Gasteiger partial charge in [-0.2, -0.15) is 0 Å². The molecule has 0 saturated heterocycles. The number of aliphatic hydroxyl groups is 1. The van der Waals surface area contributed by atoms with Crippen molar-refractivity contribution in [2.45, 2.75) is 45.1 Å². The Kier molecular flexibility index (Phi) is 3.13. The minimum Gasteiger partial charge on any atom is -0.393 e. The van der Waals surface area contributed by atoms with E-state index in [-0.39, 0.29) is 6.10 Å². The molecule has 2 unspecified atom stereocenters. The predicted octanol–water partition coefficient (Wildman–Crippen LogP) is 2.50. The molecule has 2 atom stereocenters. The van der Waals surface area contributed by atoms with Crippen LogP contribution >= 0.6 is 0 Å². The van der Waals surface area contributed by atoms with E-state index < -0.39 is 0 Å². The van der Waals surface area contributed by atoms with Gasteiger partial charge >= 0.3 is 0 Å². The summed E-state index contributed by atoms with van der Waals surface area (Å²) in [4.78, 5) is 0. The Labute approximate surface area is 69.1 Å². The van der Waals surface area contributed by atoms with Crippen LogP contribution in [0.5, 0.6) is 0 Å². The molecule has 0 spiro atoms. The zero-order valence-corrected chi connectivity index (χ0v) is 7.34. The maximum Gasteiger partial charge on any atom is 0.0571 e. The molecule has 1 rings (SSSR count). The monoisotopic (exact) mass is 154 g/mol. The minimum absolute atomic E-state index is 0.0551. The molecule has 1 aliphatic carbocycles. The Bertz CT molecular complexity index is 140. The number of hydrogen-bond acceptors (Lipinski definition) is 1. The standard InChI is InChI=1S/C10H18O/c1-8(2)7-9-5-3-4-6-10(9)11/h9-11H,1,3-7H2,2H3. The first-order chi connectivity index (χ1) is 5.20. The highest BCUT2D eigenvalue weighted by molar-refractivity contribution is 4.93. The average Bonchev–Trinajstić information content (AvgIpc) is 1.93. The Morgan fingerprint density at radius 2 is 2.09 bits per heavy atom. The molecule has 64 valence electrons. The van der Waals surface area contributed by atoms with Crippen molar-refractivity contribution in [1.29, 1.82) is 0 Å². The van der Waals surface area contributed by atoms with Gasteiger partial charge < -0.3 is 5.11 Å². The fourth-order valence-corrected chi connectivity index (χ4v) is 1.87. The first kappa shape index (κ1) is 8.79. The van der Waals surface area contributed by atoms with Crippen molar-refractivity contribution in [1.82, 2.24) is 0 Å². The van der Waals surface area contributed by atoms with E-state index in [2.05, 4.69) is 6.58 Å². The number of allylic oxidation sites excluding steroid dienone is 1. The third kappa shape index (κ3) is 2.66. The summed E-state index contributed by atoms with van der Waals surface area (Å²) in [6.07, 6.45) is 5.64. The fourth-order valence-electron chi connectivity index (χ4n) is 1.87. The van der Waals surface area contributed by atoms with Crippen LogP contribution in [0.3, 0.4) is 0 Å². The zero-order chi connectivity index (χ0) is 8.27. The molecular formula is C10H18O. The van der Waals surface area contributed by atoms with Crippen LogP contribution in [0.2, 0.25) is 0 Å². The molecule has 1 nitrogen and oxygen atoms in total. The van der Waals surface area contributed by atoms with Gasteiger partial charge in [-0.15, -0.1) is 6.58 Å². The first-order valence-corrected chi connectivity index (χ1v) is 4.52. The van der Waals surface area contributed by atoms with Gasteiger partial charge in [-0.25, -0.2) is 0 Å². The number of aliphatic hydroxyl groups excluding tert-OH is 1. The molecule has 11 heavy (non-hydrogen) atoms. The lowest BCUT2D eigenvalue weighted by Crippen LogP contribution is -2.24. The third-order valence-corrected chi connectivity index (χ3v) is 2.48. The summed E-state index contributed by atoms with van der Waals surface area (Å²) < 4.78 is 0. The van der Waals surface area contributed by atoms with Crippen molar-refractivity contribution in [3.8, 4) is 0 Å². The summed E-state index contributed by atoms with van der Waals surface area (Å²) in [5.74, 6) is 0.501. The first-order valence-electron chi connectivity index (χ1n) is 4.52. The second-order valence-electron chi connectivity index (χ2n) is 3.77. The molecule has 1 aliphatic rings. The second-order valence-corrected chi connectivity index (χ2v) is 3.77. The van der Waals surface area contributed by atoms with Crippen LogP contribution in [0, 0.1) is 5.92 Å². The number of rotatable bonds is 2. The van der Waals surface area contributed by atoms with Gasteiger partial charge in [0.15, 0.2) is 0 Å². The summed E-state index contributed by atoms with van der Waals surface area (Å²) >= 11 is 0. The maximum absolute atomic E-state index is 9.58. The molecule has 0 aromatic heterocycles. The van der Waals surface area contributed by atoms with Crippen molar-refractivity contribution in [2.75, 3.05) is 0 Å². The van der Waals surface area contributed by atoms with Crippen molar-refractivity contribution in [3.05, 3.63) is 12.2 Å². The molecular weight excluding hydrogens is 136 g/mol. The summed E-state index contributed by atoms with van der Waals surface area (Å²) in [6.45, 7) is 5.92. The summed E-state index contributed by atoms with van der Waals surface area (Å²) in [7, 11) is 0. The Morgan fingerprint density at radius 1 is 1.45 bits per heavy atom. The molecule has 0 amide bonds. The van der Waals surface area contributed by atoms with Crippen molar-refractivity contribution >= 4 is 0 Å². The predicted molar refractivity (Wildman–Crippen MR) is 47.4 cm³/mol. The van der Waals surface area contributed by atoms with Crippen LogP contribution in [0.15, 0.2) is 12.2 Å². The van der Waals surface area contributed by atoms with E-state index >= 15 is 0 Å². The molecule has 0 aromatic rings. The Morgan fingerprint density at radius 3 is 2.64 bits per heavy atom. The molecule has 0 aromatic carbocycles. The molecule has 1 N–H and O–H groups in total. The van der Waals surface area contributed by atoms with E-state index in [0.717, 1.165) is 12.8 Å². The largest absolute Gasteiger partial charge is 0.393 e. The Balaban J connectivity index is 2.35. The lowest BCUT2D eigenvalue weighted by molar-refractivity contribution is 0.0701. The van der Waals surface area contributed by atoms with Crippen LogP contribution in [0.1, 0.15) is 39.0 Å². The SMILES string of the molecule is C=C(C)CC1CCCCC1O. The van der Waals surface area contributed by atoms with Gasteiger partial charge in [0.25, 0.3) is 0 Å². The van der Waals surface area contributed by atoms with Gasteiger partial charge in [0.2, 0.25) is 0 Å². The number of hydrogen-bond donors (Lipinski definition) is 1. The van der Waals surface area contributed by atoms with E-state index in [0.29, 0.717) is 5.92 Å². The normalized spacial score (nSPS) is 31.8. The van der Waals surface area contributed by atoms with Crippen LogP contribution < -0.4 is 0 Å². The molecule has 1 heteroatoms. The van der Waals surface area contributed by atoms with Gasteiger partial charge in [-0.05, 0) is 32.1 Å². The third-order valence-electron chi connectivity index (χ3n) is 2.48. The van der Waals surface area contributed by atoms with Gasteiger partial charge in [-0.1, -0.05) is 18.4 Å². The second kappa shape index (κ2) is 3.91.